The maximum Gasteiger partial charge on any atom is 0.223 e. The third kappa shape index (κ3) is 4.72. The predicted octanol–water partition coefficient (Wildman–Crippen LogP) is 0.115. The van der Waals surface area contributed by atoms with E-state index < -0.39 is 0 Å². The molecule has 0 radical (unpaired) electrons. The van der Waals surface area contributed by atoms with E-state index >= 15 is 0 Å². The summed E-state index contributed by atoms with van der Waals surface area (Å²) in [6.07, 6.45) is 4.27. The average molecular weight is 282 g/mol. The van der Waals surface area contributed by atoms with Gasteiger partial charge in [-0.15, -0.1) is 0 Å². The molecule has 0 aromatic carbocycles. The van der Waals surface area contributed by atoms with Crippen molar-refractivity contribution in [3.63, 3.8) is 0 Å². The standard InChI is InChI=1S/C15H30N4O/c1-18-8-10-19(11-9-18)7-6-17-15(20)14-4-2-13(12-16)3-5-14/h13-14H,2-12,16H2,1H3,(H,17,20). The van der Waals surface area contributed by atoms with E-state index in [1.807, 2.05) is 0 Å². The number of nitrogens with zero attached hydrogens (tertiary/aromatic N) is 2. The second-order valence-electron chi connectivity index (χ2n) is 6.39. The lowest BCUT2D eigenvalue weighted by Gasteiger charge is -2.32. The molecule has 116 valence electrons. The zero-order chi connectivity index (χ0) is 14.4. The molecule has 1 heterocycles. The number of piperazine rings is 1. The Kier molecular flexibility index (Phi) is 6.26. The van der Waals surface area contributed by atoms with Crippen molar-refractivity contribution in [3.8, 4) is 0 Å². The van der Waals surface area contributed by atoms with Gasteiger partial charge in [-0.25, -0.2) is 0 Å². The number of carbonyl (C=O) groups is 1. The van der Waals surface area contributed by atoms with Crippen LogP contribution in [0.2, 0.25) is 0 Å². The van der Waals surface area contributed by atoms with Crippen LogP contribution in [0.4, 0.5) is 0 Å². The molecule has 2 fully saturated rings. The number of nitrogens with one attached hydrogen (secondary N) is 1. The highest BCUT2D eigenvalue weighted by molar-refractivity contribution is 5.78. The molecule has 1 aliphatic heterocycles. The monoisotopic (exact) mass is 282 g/mol. The molecular weight excluding hydrogens is 252 g/mol. The zero-order valence-electron chi connectivity index (χ0n) is 12.8. The molecule has 1 saturated carbocycles. The molecule has 1 saturated heterocycles. The molecule has 5 heteroatoms. The Balaban J connectivity index is 1.58. The van der Waals surface area contributed by atoms with E-state index in [0.29, 0.717) is 5.92 Å². The second kappa shape index (κ2) is 7.96. The molecule has 2 rings (SSSR count). The zero-order valence-corrected chi connectivity index (χ0v) is 12.8. The van der Waals surface area contributed by atoms with Gasteiger partial charge in [0.25, 0.3) is 0 Å². The molecule has 0 aromatic heterocycles. The lowest BCUT2D eigenvalue weighted by atomic mass is 9.81. The summed E-state index contributed by atoms with van der Waals surface area (Å²) in [6, 6.07) is 0. The Hall–Kier alpha value is -0.650. The summed E-state index contributed by atoms with van der Waals surface area (Å²) in [4.78, 5) is 16.9. The Labute approximate surface area is 122 Å². The van der Waals surface area contributed by atoms with Crippen LogP contribution in [-0.2, 0) is 4.79 Å². The van der Waals surface area contributed by atoms with Gasteiger partial charge in [0.05, 0.1) is 0 Å². The summed E-state index contributed by atoms with van der Waals surface area (Å²) in [6.45, 7) is 7.06. The number of hydrogen-bond donors (Lipinski definition) is 2. The highest BCUT2D eigenvalue weighted by atomic mass is 16.1. The van der Waals surface area contributed by atoms with E-state index in [1.54, 1.807) is 0 Å². The van der Waals surface area contributed by atoms with Gasteiger partial charge in [-0.3, -0.25) is 9.69 Å². The van der Waals surface area contributed by atoms with E-state index in [-0.39, 0.29) is 11.8 Å². The van der Waals surface area contributed by atoms with Crippen LogP contribution in [0.5, 0.6) is 0 Å². The first kappa shape index (κ1) is 15.7. The fraction of sp³-hybridized carbons (Fsp3) is 0.933. The molecular formula is C15H30N4O. The quantitative estimate of drug-likeness (QED) is 0.752. The first-order valence-corrected chi connectivity index (χ1v) is 8.07. The largest absolute Gasteiger partial charge is 0.355 e. The number of likely N-dealkylation sites (N-methyl/N-ethyl adjacent to an activating group) is 1. The van der Waals surface area contributed by atoms with Crippen molar-refractivity contribution in [1.29, 1.82) is 0 Å². The number of hydrogen-bond acceptors (Lipinski definition) is 4. The van der Waals surface area contributed by atoms with Crippen molar-refractivity contribution in [2.75, 3.05) is 52.9 Å². The molecule has 0 spiro atoms. The SMILES string of the molecule is CN1CCN(CCNC(=O)C2CCC(CN)CC2)CC1. The normalized spacial score (nSPS) is 29.3. The van der Waals surface area contributed by atoms with Crippen LogP contribution < -0.4 is 11.1 Å². The minimum absolute atomic E-state index is 0.227. The lowest BCUT2D eigenvalue weighted by molar-refractivity contribution is -0.126. The minimum atomic E-state index is 0.227. The summed E-state index contributed by atoms with van der Waals surface area (Å²) in [5, 5.41) is 3.12. The summed E-state index contributed by atoms with van der Waals surface area (Å²) in [5.41, 5.74) is 5.69. The van der Waals surface area contributed by atoms with E-state index in [2.05, 4.69) is 22.2 Å². The molecule has 0 bridgehead atoms. The maximum absolute atomic E-state index is 12.1. The highest BCUT2D eigenvalue weighted by Crippen LogP contribution is 2.27. The summed E-state index contributed by atoms with van der Waals surface area (Å²) in [5.74, 6) is 1.13. The van der Waals surface area contributed by atoms with E-state index in [1.165, 1.54) is 0 Å². The smallest absolute Gasteiger partial charge is 0.223 e. The topological polar surface area (TPSA) is 61.6 Å². The average Bonchev–Trinajstić information content (AvgIpc) is 2.49. The number of carbonyl (C=O) groups excluding carboxylic acids is 1. The van der Waals surface area contributed by atoms with Crippen molar-refractivity contribution >= 4 is 5.91 Å². The van der Waals surface area contributed by atoms with Gasteiger partial charge in [0, 0.05) is 45.2 Å². The fourth-order valence-corrected chi connectivity index (χ4v) is 3.21. The van der Waals surface area contributed by atoms with Crippen molar-refractivity contribution in [2.45, 2.75) is 25.7 Å². The van der Waals surface area contributed by atoms with Crippen LogP contribution in [0.3, 0.4) is 0 Å². The summed E-state index contributed by atoms with van der Waals surface area (Å²) >= 11 is 0. The third-order valence-electron chi connectivity index (χ3n) is 4.87. The van der Waals surface area contributed by atoms with Crippen molar-refractivity contribution in [2.24, 2.45) is 17.6 Å². The molecule has 20 heavy (non-hydrogen) atoms. The van der Waals surface area contributed by atoms with Crippen LogP contribution in [0.1, 0.15) is 25.7 Å². The first-order chi connectivity index (χ1) is 9.69. The van der Waals surface area contributed by atoms with Crippen molar-refractivity contribution < 1.29 is 4.79 Å². The maximum atomic E-state index is 12.1. The Morgan fingerprint density at radius 1 is 1.15 bits per heavy atom. The van der Waals surface area contributed by atoms with Gasteiger partial charge in [-0.2, -0.15) is 0 Å². The Bertz CT molecular complexity index is 294. The van der Waals surface area contributed by atoms with Crippen molar-refractivity contribution in [3.05, 3.63) is 0 Å². The lowest BCUT2D eigenvalue weighted by Crippen LogP contribution is -2.47. The van der Waals surface area contributed by atoms with Gasteiger partial charge in [0.2, 0.25) is 5.91 Å². The van der Waals surface area contributed by atoms with Gasteiger partial charge in [-0.05, 0) is 45.2 Å². The number of amides is 1. The van der Waals surface area contributed by atoms with Crippen LogP contribution in [0.25, 0.3) is 0 Å². The van der Waals surface area contributed by atoms with Gasteiger partial charge >= 0.3 is 0 Å². The van der Waals surface area contributed by atoms with Gasteiger partial charge in [0.15, 0.2) is 0 Å². The number of nitrogens with two attached hydrogens (primary N) is 1. The molecule has 1 amide bonds. The van der Waals surface area contributed by atoms with Crippen LogP contribution in [0.15, 0.2) is 0 Å². The van der Waals surface area contributed by atoms with E-state index in [0.717, 1.165) is 71.5 Å². The van der Waals surface area contributed by atoms with E-state index in [4.69, 9.17) is 5.73 Å². The van der Waals surface area contributed by atoms with E-state index in [9.17, 15) is 4.79 Å². The Morgan fingerprint density at radius 2 is 1.80 bits per heavy atom. The molecule has 0 aromatic rings. The summed E-state index contributed by atoms with van der Waals surface area (Å²) in [7, 11) is 2.16. The first-order valence-electron chi connectivity index (χ1n) is 8.07. The molecule has 2 aliphatic rings. The van der Waals surface area contributed by atoms with Gasteiger partial charge in [-0.1, -0.05) is 0 Å². The second-order valence-corrected chi connectivity index (χ2v) is 6.39. The van der Waals surface area contributed by atoms with Crippen molar-refractivity contribution in [1.82, 2.24) is 15.1 Å². The molecule has 0 atom stereocenters. The van der Waals surface area contributed by atoms with Gasteiger partial charge < -0.3 is 16.0 Å². The predicted molar refractivity (Wildman–Crippen MR) is 81.4 cm³/mol. The summed E-state index contributed by atoms with van der Waals surface area (Å²) < 4.78 is 0. The molecule has 5 nitrogen and oxygen atoms in total. The third-order valence-corrected chi connectivity index (χ3v) is 4.87. The van der Waals surface area contributed by atoms with Crippen LogP contribution in [0, 0.1) is 11.8 Å². The highest BCUT2D eigenvalue weighted by Gasteiger charge is 2.25. The fourth-order valence-electron chi connectivity index (χ4n) is 3.21. The molecule has 3 N–H and O–H groups in total. The minimum Gasteiger partial charge on any atom is -0.355 e. The Morgan fingerprint density at radius 3 is 2.40 bits per heavy atom. The van der Waals surface area contributed by atoms with Crippen LogP contribution in [-0.4, -0.2) is 68.6 Å². The molecule has 0 unspecified atom stereocenters. The molecule has 1 aliphatic carbocycles. The van der Waals surface area contributed by atoms with Gasteiger partial charge in [0.1, 0.15) is 0 Å². The van der Waals surface area contributed by atoms with Crippen LogP contribution >= 0.6 is 0 Å². The number of rotatable bonds is 5.